The van der Waals surface area contributed by atoms with E-state index < -0.39 is 5.83 Å². The van der Waals surface area contributed by atoms with Gasteiger partial charge in [0.25, 0.3) is 0 Å². The summed E-state index contributed by atoms with van der Waals surface area (Å²) in [6, 6.07) is 0. The first kappa shape index (κ1) is 17.0. The maximum atomic E-state index is 13.3. The van der Waals surface area contributed by atoms with Gasteiger partial charge in [-0.15, -0.1) is 0 Å². The van der Waals surface area contributed by atoms with Crippen LogP contribution < -0.4 is 0 Å². The standard InChI is InChI=1S/C19H32F2/c1-2-3-4-5-15-6-8-16(9-7-15)17-10-12-18(13-11-17)19(21)14-20/h14-18H,2-13H2,1H3/b19-14+. The van der Waals surface area contributed by atoms with Gasteiger partial charge in [-0.05, 0) is 56.3 Å². The first-order chi connectivity index (χ1) is 10.2. The molecule has 0 radical (unpaired) electrons. The second-order valence-electron chi connectivity index (χ2n) is 7.38. The summed E-state index contributed by atoms with van der Waals surface area (Å²) in [6.45, 7) is 2.27. The molecule has 0 unspecified atom stereocenters. The molecular weight excluding hydrogens is 266 g/mol. The number of halogens is 2. The highest BCUT2D eigenvalue weighted by molar-refractivity contribution is 4.96. The van der Waals surface area contributed by atoms with Crippen molar-refractivity contribution < 1.29 is 8.78 Å². The Morgan fingerprint density at radius 1 is 0.905 bits per heavy atom. The Bertz CT molecular complexity index is 308. The number of rotatable bonds is 6. The van der Waals surface area contributed by atoms with E-state index in [-0.39, 0.29) is 12.2 Å². The van der Waals surface area contributed by atoms with Crippen LogP contribution in [0.1, 0.15) is 84.0 Å². The summed E-state index contributed by atoms with van der Waals surface area (Å²) in [5.41, 5.74) is 0. The van der Waals surface area contributed by atoms with Gasteiger partial charge in [0.2, 0.25) is 0 Å². The molecule has 2 heteroatoms. The van der Waals surface area contributed by atoms with Crippen molar-refractivity contribution in [3.05, 3.63) is 12.2 Å². The van der Waals surface area contributed by atoms with Gasteiger partial charge in [0, 0.05) is 5.92 Å². The number of hydrogen-bond donors (Lipinski definition) is 0. The monoisotopic (exact) mass is 298 g/mol. The summed E-state index contributed by atoms with van der Waals surface area (Å²) in [5, 5.41) is 0. The molecule has 2 aliphatic carbocycles. The number of unbranched alkanes of at least 4 members (excludes halogenated alkanes) is 2. The summed E-state index contributed by atoms with van der Waals surface area (Å²) < 4.78 is 25.5. The quantitative estimate of drug-likeness (QED) is 0.465. The molecule has 2 rings (SSSR count). The van der Waals surface area contributed by atoms with Crippen LogP contribution in [0.3, 0.4) is 0 Å². The molecule has 2 saturated carbocycles. The van der Waals surface area contributed by atoms with Gasteiger partial charge in [-0.2, -0.15) is 0 Å². The van der Waals surface area contributed by atoms with Crippen molar-refractivity contribution in [2.24, 2.45) is 23.7 Å². The molecule has 0 N–H and O–H groups in total. The van der Waals surface area contributed by atoms with Gasteiger partial charge in [-0.3, -0.25) is 0 Å². The predicted octanol–water partition coefficient (Wildman–Crippen LogP) is 6.96. The Morgan fingerprint density at radius 3 is 2.00 bits per heavy atom. The number of hydrogen-bond acceptors (Lipinski definition) is 0. The lowest BCUT2D eigenvalue weighted by Crippen LogP contribution is -2.26. The van der Waals surface area contributed by atoms with E-state index >= 15 is 0 Å². The topological polar surface area (TPSA) is 0 Å². The van der Waals surface area contributed by atoms with E-state index in [0.29, 0.717) is 0 Å². The molecule has 0 heterocycles. The smallest absolute Gasteiger partial charge is 0.131 e. The second kappa shape index (κ2) is 8.90. The summed E-state index contributed by atoms with van der Waals surface area (Å²) in [4.78, 5) is 0. The van der Waals surface area contributed by atoms with E-state index in [0.717, 1.165) is 43.4 Å². The maximum absolute atomic E-state index is 13.3. The van der Waals surface area contributed by atoms with Crippen molar-refractivity contribution in [3.63, 3.8) is 0 Å². The largest absolute Gasteiger partial charge is 0.213 e. The fourth-order valence-corrected chi connectivity index (χ4v) is 4.59. The average molecular weight is 298 g/mol. The van der Waals surface area contributed by atoms with E-state index in [9.17, 15) is 8.78 Å². The van der Waals surface area contributed by atoms with E-state index in [2.05, 4.69) is 6.92 Å². The van der Waals surface area contributed by atoms with Crippen LogP contribution in [0.15, 0.2) is 12.2 Å². The zero-order valence-corrected chi connectivity index (χ0v) is 13.6. The zero-order chi connectivity index (χ0) is 15.1. The van der Waals surface area contributed by atoms with Crippen LogP contribution in [0.5, 0.6) is 0 Å². The third-order valence-electron chi connectivity index (χ3n) is 6.04. The molecule has 0 aromatic heterocycles. The zero-order valence-electron chi connectivity index (χ0n) is 13.6. The molecule has 0 spiro atoms. The van der Waals surface area contributed by atoms with E-state index in [1.54, 1.807) is 0 Å². The summed E-state index contributed by atoms with van der Waals surface area (Å²) in [5.74, 6) is 1.97. The maximum Gasteiger partial charge on any atom is 0.131 e. The van der Waals surface area contributed by atoms with Crippen LogP contribution in [-0.2, 0) is 0 Å². The first-order valence-electron chi connectivity index (χ1n) is 9.20. The van der Waals surface area contributed by atoms with Crippen molar-refractivity contribution in [1.29, 1.82) is 0 Å². The van der Waals surface area contributed by atoms with Crippen molar-refractivity contribution in [1.82, 2.24) is 0 Å². The highest BCUT2D eigenvalue weighted by Crippen LogP contribution is 2.43. The fourth-order valence-electron chi connectivity index (χ4n) is 4.59. The molecule has 21 heavy (non-hydrogen) atoms. The van der Waals surface area contributed by atoms with E-state index in [1.807, 2.05) is 0 Å². The van der Waals surface area contributed by atoms with Gasteiger partial charge in [0.05, 0.1) is 0 Å². The Morgan fingerprint density at radius 2 is 1.48 bits per heavy atom. The fraction of sp³-hybridized carbons (Fsp3) is 0.895. The van der Waals surface area contributed by atoms with Crippen LogP contribution in [0.25, 0.3) is 0 Å². The Kier molecular flexibility index (Phi) is 7.19. The highest BCUT2D eigenvalue weighted by Gasteiger charge is 2.31. The summed E-state index contributed by atoms with van der Waals surface area (Å²) in [7, 11) is 0. The first-order valence-corrected chi connectivity index (χ1v) is 9.20. The molecule has 0 aliphatic heterocycles. The molecule has 0 aromatic carbocycles. The van der Waals surface area contributed by atoms with Crippen LogP contribution in [0, 0.1) is 23.7 Å². The van der Waals surface area contributed by atoms with Crippen molar-refractivity contribution >= 4 is 0 Å². The molecule has 0 saturated heterocycles. The van der Waals surface area contributed by atoms with Gasteiger partial charge < -0.3 is 0 Å². The van der Waals surface area contributed by atoms with Crippen LogP contribution in [0.4, 0.5) is 8.78 Å². The van der Waals surface area contributed by atoms with Crippen molar-refractivity contribution in [2.75, 3.05) is 0 Å². The van der Waals surface area contributed by atoms with Crippen LogP contribution in [-0.4, -0.2) is 0 Å². The minimum absolute atomic E-state index is 0.128. The van der Waals surface area contributed by atoms with Crippen LogP contribution >= 0.6 is 0 Å². The molecule has 2 fully saturated rings. The molecule has 0 atom stereocenters. The van der Waals surface area contributed by atoms with Gasteiger partial charge in [0.15, 0.2) is 0 Å². The minimum Gasteiger partial charge on any atom is -0.213 e. The third-order valence-corrected chi connectivity index (χ3v) is 6.04. The van der Waals surface area contributed by atoms with Crippen LogP contribution in [0.2, 0.25) is 0 Å². The lowest BCUT2D eigenvalue weighted by molar-refractivity contribution is 0.144. The lowest BCUT2D eigenvalue weighted by atomic mass is 9.68. The lowest BCUT2D eigenvalue weighted by Gasteiger charge is -2.37. The van der Waals surface area contributed by atoms with E-state index in [1.165, 1.54) is 51.4 Å². The minimum atomic E-state index is -0.520. The summed E-state index contributed by atoms with van der Waals surface area (Å²) >= 11 is 0. The summed E-state index contributed by atoms with van der Waals surface area (Å²) in [6.07, 6.45) is 15.2. The molecule has 0 nitrogen and oxygen atoms in total. The molecule has 122 valence electrons. The van der Waals surface area contributed by atoms with Gasteiger partial charge >= 0.3 is 0 Å². The highest BCUT2D eigenvalue weighted by atomic mass is 19.2. The predicted molar refractivity (Wildman–Crippen MR) is 85.3 cm³/mol. The van der Waals surface area contributed by atoms with E-state index in [4.69, 9.17) is 0 Å². The van der Waals surface area contributed by atoms with Crippen molar-refractivity contribution in [3.8, 4) is 0 Å². The van der Waals surface area contributed by atoms with Gasteiger partial charge in [-0.1, -0.05) is 45.4 Å². The molecule has 0 amide bonds. The van der Waals surface area contributed by atoms with Gasteiger partial charge in [-0.25, -0.2) is 8.78 Å². The van der Waals surface area contributed by atoms with Gasteiger partial charge in [0.1, 0.15) is 12.2 Å². The Balaban J connectivity index is 1.67. The normalized spacial score (nSPS) is 34.9. The third kappa shape index (κ3) is 5.07. The molecule has 2 aliphatic rings. The SMILES string of the molecule is CCCCCC1CCC(C2CCC(/C(F)=C\F)CC2)CC1. The second-order valence-corrected chi connectivity index (χ2v) is 7.38. The molecule has 0 aromatic rings. The molecule has 0 bridgehead atoms. The molecular formula is C19H32F2. The average Bonchev–Trinajstić information content (AvgIpc) is 2.55. The number of allylic oxidation sites excluding steroid dienone is 1. The Labute approximate surface area is 129 Å². The Hall–Kier alpha value is -0.400. The van der Waals surface area contributed by atoms with Crippen molar-refractivity contribution in [2.45, 2.75) is 84.0 Å².